The number of nitrogens with zero attached hydrogens (tertiary/aromatic N) is 1. The van der Waals surface area contributed by atoms with Gasteiger partial charge in [0, 0.05) is 25.4 Å². The number of hydrogen-bond donors (Lipinski definition) is 1. The first-order valence-corrected chi connectivity index (χ1v) is 6.85. The summed E-state index contributed by atoms with van der Waals surface area (Å²) in [6.45, 7) is 3.26. The number of hydrogen-bond acceptors (Lipinski definition) is 3. The number of rotatable bonds is 5. The Labute approximate surface area is 114 Å². The Hall–Kier alpha value is -1.39. The standard InChI is InChI=1S/C15H22N2O2/c1-12(14-9-6-10-19-14)16-11-15(18)17(2)13-7-4-3-5-8-13/h3-5,7-8,12,14,16H,6,9-11H2,1-2H3/t12-,14-/m1/s1. The lowest BCUT2D eigenvalue weighted by Crippen LogP contribution is -2.43. The first-order chi connectivity index (χ1) is 9.18. The molecule has 104 valence electrons. The fourth-order valence-electron chi connectivity index (χ4n) is 2.29. The summed E-state index contributed by atoms with van der Waals surface area (Å²) in [6.07, 6.45) is 2.45. The Bertz CT molecular complexity index is 402. The number of benzene rings is 1. The van der Waals surface area contributed by atoms with Crippen molar-refractivity contribution in [2.24, 2.45) is 0 Å². The van der Waals surface area contributed by atoms with Gasteiger partial charge in [-0.2, -0.15) is 0 Å². The Morgan fingerprint density at radius 2 is 2.21 bits per heavy atom. The second kappa shape index (κ2) is 6.68. The normalized spacial score (nSPS) is 20.2. The predicted molar refractivity (Wildman–Crippen MR) is 76.3 cm³/mol. The molecule has 1 heterocycles. The maximum Gasteiger partial charge on any atom is 0.240 e. The van der Waals surface area contributed by atoms with Crippen LogP contribution < -0.4 is 10.2 Å². The minimum atomic E-state index is 0.0658. The van der Waals surface area contributed by atoms with Crippen molar-refractivity contribution < 1.29 is 9.53 Å². The summed E-state index contributed by atoms with van der Waals surface area (Å²) in [6, 6.07) is 9.89. The smallest absolute Gasteiger partial charge is 0.240 e. The van der Waals surface area contributed by atoms with Gasteiger partial charge < -0.3 is 15.0 Å². The number of nitrogens with one attached hydrogen (secondary N) is 1. The zero-order valence-corrected chi connectivity index (χ0v) is 11.6. The van der Waals surface area contributed by atoms with Crippen LogP contribution in [0.5, 0.6) is 0 Å². The molecule has 2 atom stereocenters. The van der Waals surface area contributed by atoms with Crippen molar-refractivity contribution in [3.05, 3.63) is 30.3 Å². The van der Waals surface area contributed by atoms with Gasteiger partial charge in [0.25, 0.3) is 0 Å². The summed E-state index contributed by atoms with van der Waals surface area (Å²) in [5.41, 5.74) is 0.916. The van der Waals surface area contributed by atoms with Crippen molar-refractivity contribution in [2.75, 3.05) is 25.1 Å². The first kappa shape index (κ1) is 14.0. The van der Waals surface area contributed by atoms with Crippen molar-refractivity contribution in [1.29, 1.82) is 0 Å². The average Bonchev–Trinajstić information content (AvgIpc) is 2.98. The first-order valence-electron chi connectivity index (χ1n) is 6.85. The quantitative estimate of drug-likeness (QED) is 0.880. The van der Waals surface area contributed by atoms with Gasteiger partial charge in [-0.3, -0.25) is 4.79 Å². The number of carbonyl (C=O) groups excluding carboxylic acids is 1. The van der Waals surface area contributed by atoms with E-state index in [2.05, 4.69) is 12.2 Å². The minimum absolute atomic E-state index is 0.0658. The van der Waals surface area contributed by atoms with E-state index in [-0.39, 0.29) is 18.1 Å². The van der Waals surface area contributed by atoms with Crippen molar-refractivity contribution in [3.8, 4) is 0 Å². The summed E-state index contributed by atoms with van der Waals surface area (Å²) in [7, 11) is 1.80. The summed E-state index contributed by atoms with van der Waals surface area (Å²) < 4.78 is 5.60. The second-order valence-corrected chi connectivity index (χ2v) is 5.01. The molecule has 1 fully saturated rings. The van der Waals surface area contributed by atoms with E-state index in [9.17, 15) is 4.79 Å². The minimum Gasteiger partial charge on any atom is -0.377 e. The molecule has 1 N–H and O–H groups in total. The number of para-hydroxylation sites is 1. The van der Waals surface area contributed by atoms with Crippen LogP contribution in [0.1, 0.15) is 19.8 Å². The molecule has 0 spiro atoms. The van der Waals surface area contributed by atoms with E-state index in [4.69, 9.17) is 4.74 Å². The number of likely N-dealkylation sites (N-methyl/N-ethyl adjacent to an activating group) is 1. The molecule has 0 bridgehead atoms. The van der Waals surface area contributed by atoms with Crippen LogP contribution in [0.2, 0.25) is 0 Å². The zero-order valence-electron chi connectivity index (χ0n) is 11.6. The SMILES string of the molecule is C[C@@H](NCC(=O)N(C)c1ccccc1)[C@H]1CCCO1. The molecule has 1 aromatic rings. The molecular formula is C15H22N2O2. The molecule has 1 saturated heterocycles. The van der Waals surface area contributed by atoms with Crippen LogP contribution >= 0.6 is 0 Å². The van der Waals surface area contributed by atoms with E-state index in [0.717, 1.165) is 25.1 Å². The highest BCUT2D eigenvalue weighted by atomic mass is 16.5. The van der Waals surface area contributed by atoms with Gasteiger partial charge in [-0.05, 0) is 31.9 Å². The highest BCUT2D eigenvalue weighted by Gasteiger charge is 2.22. The molecule has 0 aromatic heterocycles. The monoisotopic (exact) mass is 262 g/mol. The molecule has 1 aromatic carbocycles. The van der Waals surface area contributed by atoms with E-state index >= 15 is 0 Å². The third kappa shape index (κ3) is 3.78. The van der Waals surface area contributed by atoms with E-state index < -0.39 is 0 Å². The number of carbonyl (C=O) groups is 1. The van der Waals surface area contributed by atoms with Gasteiger partial charge >= 0.3 is 0 Å². The number of anilines is 1. The van der Waals surface area contributed by atoms with Crippen molar-refractivity contribution in [3.63, 3.8) is 0 Å². The molecule has 4 heteroatoms. The topological polar surface area (TPSA) is 41.6 Å². The Morgan fingerprint density at radius 3 is 2.84 bits per heavy atom. The van der Waals surface area contributed by atoms with Crippen LogP contribution in [-0.2, 0) is 9.53 Å². The van der Waals surface area contributed by atoms with Gasteiger partial charge in [-0.15, -0.1) is 0 Å². The van der Waals surface area contributed by atoms with Crippen LogP contribution in [-0.4, -0.2) is 38.3 Å². The molecule has 2 rings (SSSR count). The largest absolute Gasteiger partial charge is 0.377 e. The molecule has 0 radical (unpaired) electrons. The lowest BCUT2D eigenvalue weighted by atomic mass is 10.1. The lowest BCUT2D eigenvalue weighted by molar-refractivity contribution is -0.117. The molecule has 0 saturated carbocycles. The summed E-state index contributed by atoms with van der Waals surface area (Å²) >= 11 is 0. The highest BCUT2D eigenvalue weighted by molar-refractivity contribution is 5.94. The molecule has 1 aliphatic rings. The fraction of sp³-hybridized carbons (Fsp3) is 0.533. The molecule has 4 nitrogen and oxygen atoms in total. The average molecular weight is 262 g/mol. The van der Waals surface area contributed by atoms with Crippen LogP contribution in [0, 0.1) is 0 Å². The summed E-state index contributed by atoms with van der Waals surface area (Å²) in [4.78, 5) is 13.8. The van der Waals surface area contributed by atoms with Gasteiger partial charge in [0.05, 0.1) is 12.6 Å². The van der Waals surface area contributed by atoms with E-state index in [1.54, 1.807) is 11.9 Å². The van der Waals surface area contributed by atoms with Crippen molar-refractivity contribution >= 4 is 11.6 Å². The van der Waals surface area contributed by atoms with Crippen LogP contribution in [0.25, 0.3) is 0 Å². The maximum atomic E-state index is 12.1. The Kier molecular flexibility index (Phi) is 4.93. The van der Waals surface area contributed by atoms with Gasteiger partial charge in [0.2, 0.25) is 5.91 Å². The van der Waals surface area contributed by atoms with Crippen LogP contribution in [0.3, 0.4) is 0 Å². The Balaban J connectivity index is 1.80. The molecular weight excluding hydrogens is 240 g/mol. The maximum absolute atomic E-state index is 12.1. The fourth-order valence-corrected chi connectivity index (χ4v) is 2.29. The van der Waals surface area contributed by atoms with Crippen molar-refractivity contribution in [1.82, 2.24) is 5.32 Å². The molecule has 19 heavy (non-hydrogen) atoms. The third-order valence-electron chi connectivity index (χ3n) is 3.62. The van der Waals surface area contributed by atoms with Gasteiger partial charge in [0.1, 0.15) is 0 Å². The van der Waals surface area contributed by atoms with E-state index in [0.29, 0.717) is 6.54 Å². The lowest BCUT2D eigenvalue weighted by Gasteiger charge is -2.22. The third-order valence-corrected chi connectivity index (χ3v) is 3.62. The molecule has 0 aliphatic carbocycles. The van der Waals surface area contributed by atoms with Gasteiger partial charge in [0.15, 0.2) is 0 Å². The molecule has 1 amide bonds. The summed E-state index contributed by atoms with van der Waals surface area (Å²) in [5.74, 6) is 0.0658. The van der Waals surface area contributed by atoms with E-state index in [1.165, 1.54) is 0 Å². The number of amides is 1. The van der Waals surface area contributed by atoms with E-state index in [1.807, 2.05) is 30.3 Å². The summed E-state index contributed by atoms with van der Waals surface area (Å²) in [5, 5.41) is 3.26. The van der Waals surface area contributed by atoms with Crippen molar-refractivity contribution in [2.45, 2.75) is 31.9 Å². The van der Waals surface area contributed by atoms with Gasteiger partial charge in [-0.1, -0.05) is 18.2 Å². The predicted octanol–water partition coefficient (Wildman–Crippen LogP) is 1.81. The van der Waals surface area contributed by atoms with Crippen LogP contribution in [0.4, 0.5) is 5.69 Å². The highest BCUT2D eigenvalue weighted by Crippen LogP contribution is 2.15. The Morgan fingerprint density at radius 1 is 1.47 bits per heavy atom. The van der Waals surface area contributed by atoms with Gasteiger partial charge in [-0.25, -0.2) is 0 Å². The van der Waals surface area contributed by atoms with Crippen LogP contribution in [0.15, 0.2) is 30.3 Å². The molecule has 1 aliphatic heterocycles. The molecule has 0 unspecified atom stereocenters. The second-order valence-electron chi connectivity index (χ2n) is 5.01. The number of ether oxygens (including phenoxy) is 1. The zero-order chi connectivity index (χ0) is 13.7.